The van der Waals surface area contributed by atoms with Crippen LogP contribution in [0.3, 0.4) is 0 Å². The van der Waals surface area contributed by atoms with Gasteiger partial charge in [0.25, 0.3) is 0 Å². The molecular weight excluding hydrogens is 1170 g/mol. The summed E-state index contributed by atoms with van der Waals surface area (Å²) in [5, 5.41) is 23.3. The van der Waals surface area contributed by atoms with Crippen molar-refractivity contribution in [1.29, 1.82) is 0 Å². The highest BCUT2D eigenvalue weighted by molar-refractivity contribution is 5.76. The number of aliphatic hydroxyl groups excluding tert-OH is 2. The van der Waals surface area contributed by atoms with Gasteiger partial charge in [0.2, 0.25) is 5.91 Å². The Morgan fingerprint density at radius 1 is 0.281 bits per heavy atom. The third-order valence-electron chi connectivity index (χ3n) is 21.6. The van der Waals surface area contributed by atoms with Crippen LogP contribution in [0.2, 0.25) is 0 Å². The topological polar surface area (TPSA) is 95.9 Å². The summed E-state index contributed by atoms with van der Waals surface area (Å²) in [7, 11) is 0. The van der Waals surface area contributed by atoms with Crippen molar-refractivity contribution in [1.82, 2.24) is 5.32 Å². The first-order valence-electron chi connectivity index (χ1n) is 45.0. The van der Waals surface area contributed by atoms with E-state index in [1.54, 1.807) is 6.08 Å². The molecule has 6 heteroatoms. The molecule has 0 aliphatic carbocycles. The molecule has 3 N–H and O–H groups in total. The number of amides is 1. The number of nitrogens with one attached hydrogen (secondary N) is 1. The first-order valence-corrected chi connectivity index (χ1v) is 45.0. The molecule has 0 aliphatic rings. The maximum absolute atomic E-state index is 12.6. The minimum absolute atomic E-state index is 0.0302. The van der Waals surface area contributed by atoms with Gasteiger partial charge in [-0.15, -0.1) is 0 Å². The molecule has 0 aromatic rings. The molecule has 0 aromatic carbocycles. The Morgan fingerprint density at radius 2 is 0.479 bits per heavy atom. The Kier molecular flexibility index (Phi) is 84.8. The summed E-state index contributed by atoms with van der Waals surface area (Å²) in [6.45, 7) is 4.98. The predicted octanol–water partition coefficient (Wildman–Crippen LogP) is 30.2. The fourth-order valence-electron chi connectivity index (χ4n) is 14.8. The lowest BCUT2D eigenvalue weighted by atomic mass is 10.0. The van der Waals surface area contributed by atoms with Gasteiger partial charge in [-0.05, 0) is 32.1 Å². The standard InChI is InChI=1S/C90H177NO5/c1-3-5-7-9-11-13-15-17-19-21-23-43-47-50-54-58-62-66-70-74-78-82-88(93)87(86-92)91-89(94)83-79-75-71-67-63-59-55-51-48-44-41-39-37-35-33-31-29-27-25-24-26-28-30-32-34-36-38-40-42-45-49-53-57-61-65-69-73-77-81-85-96-90(95)84-80-76-72-68-64-60-56-52-46-22-20-18-16-14-12-10-8-6-4-2/h78,82,87-88,92-93H,3-77,79-81,83-86H2,1-2H3,(H,91,94)/b82-78+. The molecule has 0 aromatic heterocycles. The molecule has 0 saturated carbocycles. The van der Waals surface area contributed by atoms with Gasteiger partial charge in [0, 0.05) is 12.8 Å². The number of unbranched alkanes of at least 4 members (excludes halogenated alkanes) is 75. The summed E-state index contributed by atoms with van der Waals surface area (Å²) in [4.78, 5) is 24.7. The number of allylic oxidation sites excluding steroid dienone is 1. The maximum Gasteiger partial charge on any atom is 0.305 e. The van der Waals surface area contributed by atoms with Crippen molar-refractivity contribution in [3.63, 3.8) is 0 Å². The van der Waals surface area contributed by atoms with Gasteiger partial charge in [-0.25, -0.2) is 0 Å². The van der Waals surface area contributed by atoms with Gasteiger partial charge in [-0.1, -0.05) is 495 Å². The number of carbonyl (C=O) groups is 2. The minimum Gasteiger partial charge on any atom is -0.466 e. The number of esters is 1. The van der Waals surface area contributed by atoms with Crippen LogP contribution >= 0.6 is 0 Å². The zero-order valence-corrected chi connectivity index (χ0v) is 65.9. The molecule has 572 valence electrons. The van der Waals surface area contributed by atoms with E-state index in [4.69, 9.17) is 4.74 Å². The van der Waals surface area contributed by atoms with Gasteiger partial charge in [-0.3, -0.25) is 9.59 Å². The summed E-state index contributed by atoms with van der Waals surface area (Å²) in [6.07, 6.45) is 111. The first kappa shape index (κ1) is 94.6. The van der Waals surface area contributed by atoms with Gasteiger partial charge in [0.1, 0.15) is 0 Å². The molecule has 0 heterocycles. The molecule has 0 radical (unpaired) electrons. The molecule has 0 aliphatic heterocycles. The maximum atomic E-state index is 12.6. The van der Waals surface area contributed by atoms with Gasteiger partial charge in [0.15, 0.2) is 0 Å². The lowest BCUT2D eigenvalue weighted by molar-refractivity contribution is -0.143. The largest absolute Gasteiger partial charge is 0.466 e. The van der Waals surface area contributed by atoms with Crippen LogP contribution in [0.15, 0.2) is 12.2 Å². The molecule has 1 amide bonds. The Hall–Kier alpha value is -1.40. The van der Waals surface area contributed by atoms with Crippen molar-refractivity contribution in [2.24, 2.45) is 0 Å². The second kappa shape index (κ2) is 86.0. The van der Waals surface area contributed by atoms with Crippen LogP contribution in [0.1, 0.15) is 528 Å². The van der Waals surface area contributed by atoms with Crippen molar-refractivity contribution in [2.45, 2.75) is 540 Å². The minimum atomic E-state index is -0.841. The van der Waals surface area contributed by atoms with Crippen LogP contribution < -0.4 is 5.32 Å². The van der Waals surface area contributed by atoms with Gasteiger partial charge >= 0.3 is 5.97 Å². The van der Waals surface area contributed by atoms with Crippen LogP contribution in [-0.4, -0.2) is 47.4 Å². The average molecular weight is 1350 g/mol. The molecule has 6 nitrogen and oxygen atoms in total. The Bertz CT molecular complexity index is 1470. The quantitative estimate of drug-likeness (QED) is 0.0320. The monoisotopic (exact) mass is 1350 g/mol. The fourth-order valence-corrected chi connectivity index (χ4v) is 14.8. The van der Waals surface area contributed by atoms with Crippen LogP contribution in [0.5, 0.6) is 0 Å². The molecule has 2 atom stereocenters. The van der Waals surface area contributed by atoms with Crippen molar-refractivity contribution in [2.75, 3.05) is 13.2 Å². The smallest absolute Gasteiger partial charge is 0.305 e. The zero-order valence-electron chi connectivity index (χ0n) is 65.9. The molecule has 0 fully saturated rings. The van der Waals surface area contributed by atoms with E-state index in [9.17, 15) is 19.8 Å². The highest BCUT2D eigenvalue weighted by Gasteiger charge is 2.18. The third-order valence-corrected chi connectivity index (χ3v) is 21.6. The van der Waals surface area contributed by atoms with Crippen LogP contribution in [-0.2, 0) is 14.3 Å². The fraction of sp³-hybridized carbons (Fsp3) is 0.956. The van der Waals surface area contributed by atoms with Gasteiger partial charge < -0.3 is 20.3 Å². The van der Waals surface area contributed by atoms with Crippen molar-refractivity contribution < 1.29 is 24.5 Å². The van der Waals surface area contributed by atoms with E-state index in [0.29, 0.717) is 19.4 Å². The van der Waals surface area contributed by atoms with E-state index in [1.165, 1.54) is 462 Å². The van der Waals surface area contributed by atoms with Crippen molar-refractivity contribution >= 4 is 11.9 Å². The first-order chi connectivity index (χ1) is 47.5. The van der Waals surface area contributed by atoms with E-state index in [0.717, 1.165) is 38.5 Å². The third kappa shape index (κ3) is 81.6. The summed E-state index contributed by atoms with van der Waals surface area (Å²) in [5.41, 5.74) is 0. The normalized spacial score (nSPS) is 12.4. The SMILES string of the molecule is CCCCCCCCCCCCCCCCCCCCC/C=C/C(O)C(CO)NC(=O)CCCCCCCCCCCCCCCCCCCCCCCCCCCCCCCCCCCCCCCCCOC(=O)CCCCCCCCCCCCCCCCCCCCC. The lowest BCUT2D eigenvalue weighted by Gasteiger charge is -2.20. The summed E-state index contributed by atoms with van der Waals surface area (Å²) in [5.74, 6) is -0.0259. The second-order valence-electron chi connectivity index (χ2n) is 31.3. The molecule has 0 rings (SSSR count). The van der Waals surface area contributed by atoms with Crippen molar-refractivity contribution in [3.05, 3.63) is 12.2 Å². The van der Waals surface area contributed by atoms with Crippen molar-refractivity contribution in [3.8, 4) is 0 Å². The molecule has 2 unspecified atom stereocenters. The summed E-state index contributed by atoms with van der Waals surface area (Å²) < 4.78 is 5.53. The van der Waals surface area contributed by atoms with E-state index in [-0.39, 0.29) is 18.5 Å². The molecule has 96 heavy (non-hydrogen) atoms. The Morgan fingerprint density at radius 3 is 0.708 bits per heavy atom. The molecule has 0 spiro atoms. The molecule has 0 saturated heterocycles. The number of ether oxygens (including phenoxy) is 1. The molecular formula is C90H177NO5. The van der Waals surface area contributed by atoms with E-state index < -0.39 is 12.1 Å². The number of aliphatic hydroxyl groups is 2. The summed E-state index contributed by atoms with van der Waals surface area (Å²) >= 11 is 0. The van der Waals surface area contributed by atoms with Gasteiger partial charge in [0.05, 0.1) is 25.4 Å². The predicted molar refractivity (Wildman–Crippen MR) is 426 cm³/mol. The zero-order chi connectivity index (χ0) is 69.1. The lowest BCUT2D eigenvalue weighted by Crippen LogP contribution is -2.45. The number of carbonyl (C=O) groups excluding carboxylic acids is 2. The molecule has 0 bridgehead atoms. The highest BCUT2D eigenvalue weighted by atomic mass is 16.5. The average Bonchev–Trinajstić information content (AvgIpc) is 3.72. The second-order valence-corrected chi connectivity index (χ2v) is 31.3. The summed E-state index contributed by atoms with van der Waals surface area (Å²) in [6, 6.07) is -0.624. The number of rotatable bonds is 86. The van der Waals surface area contributed by atoms with E-state index >= 15 is 0 Å². The number of hydrogen-bond donors (Lipinski definition) is 3. The van der Waals surface area contributed by atoms with Crippen LogP contribution in [0.25, 0.3) is 0 Å². The Labute approximate surface area is 603 Å². The van der Waals surface area contributed by atoms with Gasteiger partial charge in [-0.2, -0.15) is 0 Å². The Balaban J connectivity index is 3.30. The van der Waals surface area contributed by atoms with Crippen LogP contribution in [0.4, 0.5) is 0 Å². The highest BCUT2D eigenvalue weighted by Crippen LogP contribution is 2.22. The van der Waals surface area contributed by atoms with E-state index in [2.05, 4.69) is 19.2 Å². The van der Waals surface area contributed by atoms with Crippen LogP contribution in [0, 0.1) is 0 Å². The number of hydrogen-bond acceptors (Lipinski definition) is 5. The van der Waals surface area contributed by atoms with E-state index in [1.807, 2.05) is 6.08 Å².